The second-order valence-corrected chi connectivity index (χ2v) is 5.27. The molecule has 0 radical (unpaired) electrons. The Morgan fingerprint density at radius 2 is 2.30 bits per heavy atom. The Balaban J connectivity index is 1.72. The van der Waals surface area contributed by atoms with Crippen molar-refractivity contribution in [3.8, 4) is 5.75 Å². The second kappa shape index (κ2) is 7.36. The molecule has 23 heavy (non-hydrogen) atoms. The minimum absolute atomic E-state index is 0.294. The molecule has 1 aromatic carbocycles. The fourth-order valence-electron chi connectivity index (χ4n) is 2.55. The molecule has 1 aliphatic rings. The first-order chi connectivity index (χ1) is 11.3. The molecule has 8 heteroatoms. The summed E-state index contributed by atoms with van der Waals surface area (Å²) in [5.41, 5.74) is 0.924. The molecule has 0 N–H and O–H groups in total. The van der Waals surface area contributed by atoms with E-state index in [2.05, 4.69) is 15.5 Å². The number of anilines is 1. The van der Waals surface area contributed by atoms with Gasteiger partial charge in [-0.05, 0) is 29.8 Å². The van der Waals surface area contributed by atoms with Crippen LogP contribution in [0.3, 0.4) is 0 Å². The molecule has 7 nitrogen and oxygen atoms in total. The molecule has 0 atom stereocenters. The molecule has 0 unspecified atom stereocenters. The van der Waals surface area contributed by atoms with E-state index in [1.165, 1.54) is 12.1 Å². The van der Waals surface area contributed by atoms with Crippen LogP contribution < -0.4 is 9.64 Å². The fourth-order valence-corrected chi connectivity index (χ4v) is 2.55. The molecule has 0 spiro atoms. The number of rotatable bonds is 6. The third-order valence-electron chi connectivity index (χ3n) is 3.67. The average molecular weight is 321 g/mol. The standard InChI is InChI=1S/C15H20FN5O2/c1-2-22-8-3-6-21-15(17-18-19-21)20-7-9-23-14-10-13(16)5-4-12(14)11-20/h4-5,10H,2-3,6-9,11H2,1H3. The lowest BCUT2D eigenvalue weighted by Gasteiger charge is -2.20. The Bertz CT molecular complexity index is 649. The van der Waals surface area contributed by atoms with Crippen LogP contribution >= 0.6 is 0 Å². The minimum atomic E-state index is -0.294. The largest absolute Gasteiger partial charge is 0.491 e. The summed E-state index contributed by atoms with van der Waals surface area (Å²) in [7, 11) is 0. The number of tetrazole rings is 1. The van der Waals surface area contributed by atoms with Crippen LogP contribution in [0.4, 0.5) is 10.3 Å². The highest BCUT2D eigenvalue weighted by Crippen LogP contribution is 2.26. The Morgan fingerprint density at radius 1 is 1.39 bits per heavy atom. The summed E-state index contributed by atoms with van der Waals surface area (Å²) in [6.45, 7) is 5.74. The molecule has 2 aromatic rings. The molecule has 124 valence electrons. The number of halogens is 1. The van der Waals surface area contributed by atoms with Gasteiger partial charge < -0.3 is 14.4 Å². The molecule has 0 bridgehead atoms. The molecule has 0 saturated carbocycles. The first-order valence-corrected chi connectivity index (χ1v) is 7.78. The number of fused-ring (bicyclic) bond motifs is 1. The summed E-state index contributed by atoms with van der Waals surface area (Å²) >= 11 is 0. The molecular formula is C15H20FN5O2. The lowest BCUT2D eigenvalue weighted by atomic mass is 10.2. The molecule has 0 aliphatic carbocycles. The first-order valence-electron chi connectivity index (χ1n) is 7.78. The van der Waals surface area contributed by atoms with Gasteiger partial charge in [-0.25, -0.2) is 9.07 Å². The van der Waals surface area contributed by atoms with Crippen LogP contribution in [0.25, 0.3) is 0 Å². The van der Waals surface area contributed by atoms with Crippen molar-refractivity contribution in [1.82, 2.24) is 20.2 Å². The van der Waals surface area contributed by atoms with Gasteiger partial charge in [-0.2, -0.15) is 0 Å². The lowest BCUT2D eigenvalue weighted by molar-refractivity contribution is 0.140. The number of aryl methyl sites for hydroxylation is 1. The highest BCUT2D eigenvalue weighted by atomic mass is 19.1. The Labute approximate surface area is 134 Å². The first kappa shape index (κ1) is 15.7. The second-order valence-electron chi connectivity index (χ2n) is 5.27. The van der Waals surface area contributed by atoms with E-state index in [1.54, 1.807) is 10.7 Å². The van der Waals surface area contributed by atoms with Crippen LogP contribution in [-0.2, 0) is 17.8 Å². The summed E-state index contributed by atoms with van der Waals surface area (Å²) in [6, 6.07) is 4.60. The number of hydrogen-bond donors (Lipinski definition) is 0. The van der Waals surface area contributed by atoms with Gasteiger partial charge in [0.1, 0.15) is 18.2 Å². The van der Waals surface area contributed by atoms with E-state index in [9.17, 15) is 4.39 Å². The predicted octanol–water partition coefficient (Wildman–Crippen LogP) is 1.64. The van der Waals surface area contributed by atoms with E-state index >= 15 is 0 Å². The monoisotopic (exact) mass is 321 g/mol. The molecule has 0 fully saturated rings. The number of nitrogens with zero attached hydrogens (tertiary/aromatic N) is 5. The molecule has 1 aliphatic heterocycles. The van der Waals surface area contributed by atoms with Crippen LogP contribution in [0, 0.1) is 5.82 Å². The highest BCUT2D eigenvalue weighted by molar-refractivity contribution is 5.40. The lowest BCUT2D eigenvalue weighted by Crippen LogP contribution is -2.28. The van der Waals surface area contributed by atoms with Crippen molar-refractivity contribution in [3.63, 3.8) is 0 Å². The van der Waals surface area contributed by atoms with E-state index in [-0.39, 0.29) is 5.82 Å². The molecule has 1 aromatic heterocycles. The summed E-state index contributed by atoms with van der Waals surface area (Å²) in [4.78, 5) is 2.05. The summed E-state index contributed by atoms with van der Waals surface area (Å²) < 4.78 is 26.1. The minimum Gasteiger partial charge on any atom is -0.491 e. The predicted molar refractivity (Wildman–Crippen MR) is 81.9 cm³/mol. The number of hydrogen-bond acceptors (Lipinski definition) is 6. The number of ether oxygens (including phenoxy) is 2. The molecule has 0 saturated heterocycles. The van der Waals surface area contributed by atoms with Crippen LogP contribution in [-0.4, -0.2) is 46.6 Å². The van der Waals surface area contributed by atoms with Gasteiger partial charge in [0.25, 0.3) is 0 Å². The Hall–Kier alpha value is -2.22. The van der Waals surface area contributed by atoms with Crippen LogP contribution in [0.5, 0.6) is 5.75 Å². The van der Waals surface area contributed by atoms with Gasteiger partial charge in [-0.1, -0.05) is 11.2 Å². The normalized spacial score (nSPS) is 14.3. The Morgan fingerprint density at radius 3 is 3.17 bits per heavy atom. The van der Waals surface area contributed by atoms with Crippen molar-refractivity contribution in [2.75, 3.05) is 31.3 Å². The van der Waals surface area contributed by atoms with Crippen LogP contribution in [0.1, 0.15) is 18.9 Å². The van der Waals surface area contributed by atoms with Crippen LogP contribution in [0.15, 0.2) is 18.2 Å². The van der Waals surface area contributed by atoms with E-state index in [4.69, 9.17) is 9.47 Å². The number of aromatic nitrogens is 4. The summed E-state index contributed by atoms with van der Waals surface area (Å²) in [5, 5.41) is 12.0. The van der Waals surface area contributed by atoms with Gasteiger partial charge in [0.15, 0.2) is 0 Å². The van der Waals surface area contributed by atoms with Crippen molar-refractivity contribution in [1.29, 1.82) is 0 Å². The smallest absolute Gasteiger partial charge is 0.245 e. The maximum atomic E-state index is 13.3. The van der Waals surface area contributed by atoms with Gasteiger partial charge in [-0.3, -0.25) is 0 Å². The molecule has 0 amide bonds. The zero-order valence-electron chi connectivity index (χ0n) is 13.1. The van der Waals surface area contributed by atoms with Crippen molar-refractivity contribution < 1.29 is 13.9 Å². The molecular weight excluding hydrogens is 301 g/mol. The van der Waals surface area contributed by atoms with Crippen molar-refractivity contribution in [3.05, 3.63) is 29.6 Å². The van der Waals surface area contributed by atoms with Gasteiger partial charge >= 0.3 is 0 Å². The third-order valence-corrected chi connectivity index (χ3v) is 3.67. The highest BCUT2D eigenvalue weighted by Gasteiger charge is 2.20. The quantitative estimate of drug-likeness (QED) is 0.754. The van der Waals surface area contributed by atoms with E-state index in [1.807, 2.05) is 11.8 Å². The summed E-state index contributed by atoms with van der Waals surface area (Å²) in [5.74, 6) is 0.989. The maximum Gasteiger partial charge on any atom is 0.245 e. The zero-order chi connectivity index (χ0) is 16.1. The van der Waals surface area contributed by atoms with Gasteiger partial charge in [0.05, 0.1) is 6.54 Å². The van der Waals surface area contributed by atoms with Gasteiger partial charge in [0.2, 0.25) is 5.95 Å². The van der Waals surface area contributed by atoms with E-state index in [0.717, 1.165) is 12.0 Å². The van der Waals surface area contributed by atoms with Crippen LogP contribution in [0.2, 0.25) is 0 Å². The molecule has 3 rings (SSSR count). The summed E-state index contributed by atoms with van der Waals surface area (Å²) in [6.07, 6.45) is 0.845. The zero-order valence-corrected chi connectivity index (χ0v) is 13.1. The average Bonchev–Trinajstić information content (AvgIpc) is 2.91. The van der Waals surface area contributed by atoms with E-state index < -0.39 is 0 Å². The molecule has 2 heterocycles. The SMILES string of the molecule is CCOCCCn1nnnc1N1CCOc2cc(F)ccc2C1. The Kier molecular flexibility index (Phi) is 5.02. The van der Waals surface area contributed by atoms with Crippen molar-refractivity contribution >= 4 is 5.95 Å². The number of benzene rings is 1. The fraction of sp³-hybridized carbons (Fsp3) is 0.533. The van der Waals surface area contributed by atoms with E-state index in [0.29, 0.717) is 51.2 Å². The van der Waals surface area contributed by atoms with Crippen molar-refractivity contribution in [2.24, 2.45) is 0 Å². The third kappa shape index (κ3) is 3.76. The van der Waals surface area contributed by atoms with Crippen molar-refractivity contribution in [2.45, 2.75) is 26.4 Å². The van der Waals surface area contributed by atoms with Gasteiger partial charge in [-0.15, -0.1) is 0 Å². The maximum absolute atomic E-state index is 13.3. The van der Waals surface area contributed by atoms with Gasteiger partial charge in [0, 0.05) is 37.9 Å². The topological polar surface area (TPSA) is 65.3 Å².